The Morgan fingerprint density at radius 1 is 1.35 bits per heavy atom. The highest BCUT2D eigenvalue weighted by Gasteiger charge is 2.19. The molecule has 1 aromatic carbocycles. The zero-order valence-corrected chi connectivity index (χ0v) is 11.4. The average Bonchev–Trinajstić information content (AvgIpc) is 2.28. The molecule has 1 aromatic rings. The van der Waals surface area contributed by atoms with Crippen molar-refractivity contribution in [3.05, 3.63) is 33.8 Å². The fourth-order valence-corrected chi connectivity index (χ4v) is 2.66. The molecule has 0 spiro atoms. The highest BCUT2D eigenvalue weighted by Crippen LogP contribution is 2.24. The fourth-order valence-electron chi connectivity index (χ4n) is 2.13. The van der Waals surface area contributed by atoms with Crippen LogP contribution >= 0.6 is 23.2 Å². The molecular formula is C13H17Cl2NO. The lowest BCUT2D eigenvalue weighted by Crippen LogP contribution is -2.37. The van der Waals surface area contributed by atoms with Crippen LogP contribution in [0, 0.1) is 0 Å². The van der Waals surface area contributed by atoms with Crippen LogP contribution in [0.5, 0.6) is 0 Å². The first kappa shape index (κ1) is 13.2. The van der Waals surface area contributed by atoms with E-state index >= 15 is 0 Å². The van der Waals surface area contributed by atoms with Crippen molar-refractivity contribution in [3.63, 3.8) is 0 Å². The molecule has 1 fully saturated rings. The molecule has 0 aliphatic carbocycles. The Labute approximate surface area is 112 Å². The lowest BCUT2D eigenvalue weighted by Gasteiger charge is -2.28. The molecule has 2 atom stereocenters. The molecule has 0 aromatic heterocycles. The highest BCUT2D eigenvalue weighted by atomic mass is 35.5. The van der Waals surface area contributed by atoms with Crippen LogP contribution in [-0.4, -0.2) is 18.8 Å². The predicted octanol–water partition coefficient (Wildman–Crippen LogP) is 3.65. The number of ether oxygens (including phenoxy) is 1. The van der Waals surface area contributed by atoms with Crippen molar-refractivity contribution in [2.24, 2.45) is 0 Å². The number of hydrogen-bond acceptors (Lipinski definition) is 2. The van der Waals surface area contributed by atoms with Crippen LogP contribution in [0.2, 0.25) is 10.0 Å². The maximum Gasteiger partial charge on any atom is 0.0561 e. The summed E-state index contributed by atoms with van der Waals surface area (Å²) in [4.78, 5) is 0. The second-order valence-electron chi connectivity index (χ2n) is 4.48. The lowest BCUT2D eigenvalue weighted by atomic mass is 10.0. The lowest BCUT2D eigenvalue weighted by molar-refractivity contribution is 0.0130. The van der Waals surface area contributed by atoms with Gasteiger partial charge in [0.05, 0.1) is 6.10 Å². The van der Waals surface area contributed by atoms with Gasteiger partial charge in [0.1, 0.15) is 0 Å². The van der Waals surface area contributed by atoms with E-state index in [4.69, 9.17) is 27.9 Å². The summed E-state index contributed by atoms with van der Waals surface area (Å²) in [7, 11) is 0. The normalized spacial score (nSPS) is 24.9. The van der Waals surface area contributed by atoms with Crippen LogP contribution in [-0.2, 0) is 11.3 Å². The molecule has 1 aliphatic heterocycles. The average molecular weight is 274 g/mol. The molecule has 0 radical (unpaired) electrons. The number of rotatable bonds is 3. The summed E-state index contributed by atoms with van der Waals surface area (Å²) in [5.41, 5.74) is 0.981. The van der Waals surface area contributed by atoms with E-state index in [0.29, 0.717) is 12.1 Å². The Hall–Kier alpha value is -0.280. The molecule has 0 bridgehead atoms. The van der Waals surface area contributed by atoms with Gasteiger partial charge in [0, 0.05) is 34.8 Å². The molecule has 1 saturated heterocycles. The van der Waals surface area contributed by atoms with Crippen molar-refractivity contribution in [2.75, 3.05) is 6.61 Å². The largest absolute Gasteiger partial charge is 0.378 e. The smallest absolute Gasteiger partial charge is 0.0561 e. The summed E-state index contributed by atoms with van der Waals surface area (Å²) in [6, 6.07) is 6.10. The SMILES string of the molecule is CC1CC(NCc2c(Cl)cccc2Cl)CCO1. The molecule has 1 N–H and O–H groups in total. The van der Waals surface area contributed by atoms with Crippen LogP contribution < -0.4 is 5.32 Å². The molecule has 0 amide bonds. The van der Waals surface area contributed by atoms with Crippen molar-refractivity contribution in [2.45, 2.75) is 38.5 Å². The Morgan fingerprint density at radius 3 is 2.71 bits per heavy atom. The van der Waals surface area contributed by atoms with E-state index in [2.05, 4.69) is 12.2 Å². The molecule has 1 aliphatic rings. The van der Waals surface area contributed by atoms with Gasteiger partial charge in [-0.1, -0.05) is 29.3 Å². The van der Waals surface area contributed by atoms with Gasteiger partial charge < -0.3 is 10.1 Å². The Morgan fingerprint density at radius 2 is 2.06 bits per heavy atom. The van der Waals surface area contributed by atoms with E-state index in [9.17, 15) is 0 Å². The van der Waals surface area contributed by atoms with E-state index in [1.165, 1.54) is 0 Å². The molecule has 94 valence electrons. The van der Waals surface area contributed by atoms with Crippen molar-refractivity contribution in [3.8, 4) is 0 Å². The second kappa shape index (κ2) is 6.05. The minimum Gasteiger partial charge on any atom is -0.378 e. The number of benzene rings is 1. The predicted molar refractivity (Wildman–Crippen MR) is 71.7 cm³/mol. The molecule has 4 heteroatoms. The third kappa shape index (κ3) is 3.59. The van der Waals surface area contributed by atoms with Gasteiger partial charge in [0.25, 0.3) is 0 Å². The van der Waals surface area contributed by atoms with Gasteiger partial charge in [-0.25, -0.2) is 0 Å². The molecular weight excluding hydrogens is 257 g/mol. The number of hydrogen-bond donors (Lipinski definition) is 1. The third-order valence-electron chi connectivity index (χ3n) is 3.11. The summed E-state index contributed by atoms with van der Waals surface area (Å²) in [5.74, 6) is 0. The Kier molecular flexibility index (Phi) is 4.69. The molecule has 2 unspecified atom stereocenters. The van der Waals surface area contributed by atoms with Gasteiger partial charge in [-0.3, -0.25) is 0 Å². The zero-order chi connectivity index (χ0) is 12.3. The Bertz CT molecular complexity index is 363. The number of halogens is 2. The first-order chi connectivity index (χ1) is 8.16. The van der Waals surface area contributed by atoms with E-state index in [0.717, 1.165) is 41.6 Å². The standard InChI is InChI=1S/C13H17Cl2NO/c1-9-7-10(5-6-17-9)16-8-11-12(14)3-2-4-13(11)15/h2-4,9-10,16H,5-8H2,1H3. The molecule has 17 heavy (non-hydrogen) atoms. The van der Waals surface area contributed by atoms with Gasteiger partial charge in [0.15, 0.2) is 0 Å². The van der Waals surface area contributed by atoms with Crippen LogP contribution in [0.15, 0.2) is 18.2 Å². The van der Waals surface area contributed by atoms with Crippen molar-refractivity contribution in [1.82, 2.24) is 5.32 Å². The van der Waals surface area contributed by atoms with Crippen molar-refractivity contribution < 1.29 is 4.74 Å². The summed E-state index contributed by atoms with van der Waals surface area (Å²) < 4.78 is 5.52. The molecule has 1 heterocycles. The van der Waals surface area contributed by atoms with E-state index in [-0.39, 0.29) is 0 Å². The topological polar surface area (TPSA) is 21.3 Å². The maximum absolute atomic E-state index is 6.13. The van der Waals surface area contributed by atoms with Gasteiger partial charge in [0.2, 0.25) is 0 Å². The van der Waals surface area contributed by atoms with Crippen LogP contribution in [0.1, 0.15) is 25.3 Å². The van der Waals surface area contributed by atoms with Gasteiger partial charge in [-0.15, -0.1) is 0 Å². The van der Waals surface area contributed by atoms with Crippen LogP contribution in [0.25, 0.3) is 0 Å². The fraction of sp³-hybridized carbons (Fsp3) is 0.538. The van der Waals surface area contributed by atoms with Gasteiger partial charge >= 0.3 is 0 Å². The minimum atomic E-state index is 0.336. The second-order valence-corrected chi connectivity index (χ2v) is 5.30. The van der Waals surface area contributed by atoms with Gasteiger partial charge in [-0.05, 0) is 31.9 Å². The van der Waals surface area contributed by atoms with E-state index in [1.807, 2.05) is 18.2 Å². The summed E-state index contributed by atoms with van der Waals surface area (Å²) in [6.07, 6.45) is 2.43. The molecule has 0 saturated carbocycles. The van der Waals surface area contributed by atoms with E-state index in [1.54, 1.807) is 0 Å². The first-order valence-corrected chi connectivity index (χ1v) is 6.70. The number of nitrogens with one attached hydrogen (secondary N) is 1. The third-order valence-corrected chi connectivity index (χ3v) is 3.82. The van der Waals surface area contributed by atoms with Crippen LogP contribution in [0.3, 0.4) is 0 Å². The molecule has 2 rings (SSSR count). The van der Waals surface area contributed by atoms with Crippen molar-refractivity contribution >= 4 is 23.2 Å². The molecule has 2 nitrogen and oxygen atoms in total. The zero-order valence-electron chi connectivity index (χ0n) is 9.88. The summed E-state index contributed by atoms with van der Waals surface area (Å²) in [5, 5.41) is 4.95. The Balaban J connectivity index is 1.93. The monoisotopic (exact) mass is 273 g/mol. The first-order valence-electron chi connectivity index (χ1n) is 5.94. The highest BCUT2D eigenvalue weighted by molar-refractivity contribution is 6.35. The van der Waals surface area contributed by atoms with E-state index < -0.39 is 0 Å². The maximum atomic E-state index is 6.13. The summed E-state index contributed by atoms with van der Waals surface area (Å²) >= 11 is 12.3. The van der Waals surface area contributed by atoms with Gasteiger partial charge in [-0.2, -0.15) is 0 Å². The summed E-state index contributed by atoms with van der Waals surface area (Å²) in [6.45, 7) is 3.65. The minimum absolute atomic E-state index is 0.336. The van der Waals surface area contributed by atoms with Crippen molar-refractivity contribution in [1.29, 1.82) is 0 Å². The van der Waals surface area contributed by atoms with Crippen LogP contribution in [0.4, 0.5) is 0 Å². The quantitative estimate of drug-likeness (QED) is 0.908.